The number of likely N-dealkylation sites (tertiary alicyclic amines) is 1. The standard InChI is InChI=1S/C23H29NO3S/c1-16(22(25)26)24-14-13-18(15-24)27-20-7-5-6-8-21(20)28-19-11-9-17(10-12-19)23(2,3)4/h5-12,16,18H,13-15H2,1-4H3,(H,25,26)/t16?,18-/m1/s1. The van der Waals surface area contributed by atoms with Crippen LogP contribution in [0.2, 0.25) is 0 Å². The highest BCUT2D eigenvalue weighted by Crippen LogP contribution is 2.37. The Morgan fingerprint density at radius 2 is 1.86 bits per heavy atom. The lowest BCUT2D eigenvalue weighted by Gasteiger charge is -2.21. The van der Waals surface area contributed by atoms with Crippen molar-refractivity contribution in [2.24, 2.45) is 0 Å². The highest BCUT2D eigenvalue weighted by molar-refractivity contribution is 7.99. The molecule has 0 spiro atoms. The Morgan fingerprint density at radius 3 is 2.50 bits per heavy atom. The van der Waals surface area contributed by atoms with E-state index in [0.29, 0.717) is 6.54 Å². The lowest BCUT2D eigenvalue weighted by Crippen LogP contribution is -2.38. The van der Waals surface area contributed by atoms with E-state index in [1.165, 1.54) is 10.5 Å². The van der Waals surface area contributed by atoms with E-state index in [1.54, 1.807) is 18.7 Å². The number of nitrogens with zero attached hydrogens (tertiary/aromatic N) is 1. The third-order valence-electron chi connectivity index (χ3n) is 5.17. The van der Waals surface area contributed by atoms with E-state index >= 15 is 0 Å². The molecule has 3 rings (SSSR count). The minimum absolute atomic E-state index is 0.0202. The number of ether oxygens (including phenoxy) is 1. The van der Waals surface area contributed by atoms with Gasteiger partial charge in [0.1, 0.15) is 17.9 Å². The fourth-order valence-corrected chi connectivity index (χ4v) is 4.21. The second-order valence-electron chi connectivity index (χ2n) is 8.36. The van der Waals surface area contributed by atoms with Crippen LogP contribution in [0.5, 0.6) is 5.75 Å². The van der Waals surface area contributed by atoms with Crippen molar-refractivity contribution in [2.45, 2.75) is 61.5 Å². The van der Waals surface area contributed by atoms with E-state index < -0.39 is 12.0 Å². The monoisotopic (exact) mass is 399 g/mol. The van der Waals surface area contributed by atoms with Crippen LogP contribution in [0.15, 0.2) is 58.3 Å². The van der Waals surface area contributed by atoms with Gasteiger partial charge < -0.3 is 9.84 Å². The van der Waals surface area contributed by atoms with Gasteiger partial charge in [-0.3, -0.25) is 9.69 Å². The van der Waals surface area contributed by atoms with Crippen molar-refractivity contribution in [3.63, 3.8) is 0 Å². The fourth-order valence-electron chi connectivity index (χ4n) is 3.32. The molecule has 1 unspecified atom stereocenters. The number of rotatable bonds is 6. The SMILES string of the molecule is CC(C(=O)O)N1CC[C@@H](Oc2ccccc2Sc2ccc(C(C)(C)C)cc2)C1. The number of carboxylic acids is 1. The Balaban J connectivity index is 1.68. The van der Waals surface area contributed by atoms with Gasteiger partial charge in [0.2, 0.25) is 0 Å². The van der Waals surface area contributed by atoms with E-state index in [9.17, 15) is 9.90 Å². The number of hydrogen-bond acceptors (Lipinski definition) is 4. The number of carboxylic acid groups (broad SMARTS) is 1. The lowest BCUT2D eigenvalue weighted by atomic mass is 9.87. The molecule has 1 N–H and O–H groups in total. The minimum atomic E-state index is -0.782. The third kappa shape index (κ3) is 5.09. The van der Waals surface area contributed by atoms with Gasteiger partial charge in [0, 0.05) is 18.0 Å². The summed E-state index contributed by atoms with van der Waals surface area (Å²) in [6.45, 7) is 9.78. The molecule has 2 aromatic rings. The molecule has 2 atom stereocenters. The molecule has 4 nitrogen and oxygen atoms in total. The molecule has 1 saturated heterocycles. The molecule has 2 aromatic carbocycles. The zero-order valence-electron chi connectivity index (χ0n) is 17.0. The van der Waals surface area contributed by atoms with Crippen LogP contribution < -0.4 is 4.74 Å². The average molecular weight is 400 g/mol. The van der Waals surface area contributed by atoms with Gasteiger partial charge in [0.05, 0.1) is 4.90 Å². The third-order valence-corrected chi connectivity index (χ3v) is 6.24. The predicted molar refractivity (Wildman–Crippen MR) is 113 cm³/mol. The molecular formula is C23H29NO3S. The van der Waals surface area contributed by atoms with E-state index in [-0.39, 0.29) is 11.5 Å². The molecule has 5 heteroatoms. The average Bonchev–Trinajstić information content (AvgIpc) is 3.11. The van der Waals surface area contributed by atoms with Gasteiger partial charge in [-0.15, -0.1) is 0 Å². The maximum Gasteiger partial charge on any atom is 0.320 e. The van der Waals surface area contributed by atoms with Crippen LogP contribution in [-0.4, -0.2) is 41.2 Å². The summed E-state index contributed by atoms with van der Waals surface area (Å²) in [4.78, 5) is 15.4. The Labute approximate surface area is 171 Å². The number of carbonyl (C=O) groups is 1. The highest BCUT2D eigenvalue weighted by atomic mass is 32.2. The van der Waals surface area contributed by atoms with Crippen LogP contribution in [0.1, 0.15) is 39.7 Å². The van der Waals surface area contributed by atoms with Crippen LogP contribution >= 0.6 is 11.8 Å². The molecule has 1 aliphatic rings. The topological polar surface area (TPSA) is 49.8 Å². The summed E-state index contributed by atoms with van der Waals surface area (Å²) in [5.74, 6) is 0.0811. The van der Waals surface area contributed by atoms with E-state index in [2.05, 4.69) is 51.1 Å². The summed E-state index contributed by atoms with van der Waals surface area (Å²) < 4.78 is 6.26. The molecule has 0 aliphatic carbocycles. The summed E-state index contributed by atoms with van der Waals surface area (Å²) in [5.41, 5.74) is 1.46. The van der Waals surface area contributed by atoms with Crippen molar-refractivity contribution in [3.05, 3.63) is 54.1 Å². The molecule has 0 bridgehead atoms. The van der Waals surface area contributed by atoms with Gasteiger partial charge in [-0.1, -0.05) is 56.8 Å². The summed E-state index contributed by atoms with van der Waals surface area (Å²) in [6.07, 6.45) is 0.864. The molecule has 1 fully saturated rings. The number of aliphatic carboxylic acids is 1. The molecule has 28 heavy (non-hydrogen) atoms. The van der Waals surface area contributed by atoms with Gasteiger partial charge in [0.15, 0.2) is 0 Å². The van der Waals surface area contributed by atoms with Crippen molar-refractivity contribution in [1.29, 1.82) is 0 Å². The first-order valence-corrected chi connectivity index (χ1v) is 10.6. The summed E-state index contributed by atoms with van der Waals surface area (Å²) in [7, 11) is 0. The van der Waals surface area contributed by atoms with Gasteiger partial charge in [-0.25, -0.2) is 0 Å². The Bertz CT molecular complexity index is 813. The fraction of sp³-hybridized carbons (Fsp3) is 0.435. The Morgan fingerprint density at radius 1 is 1.18 bits per heavy atom. The highest BCUT2D eigenvalue weighted by Gasteiger charge is 2.30. The van der Waals surface area contributed by atoms with Gasteiger partial charge in [-0.05, 0) is 48.6 Å². The van der Waals surface area contributed by atoms with Gasteiger partial charge in [-0.2, -0.15) is 0 Å². The number of para-hydroxylation sites is 1. The van der Waals surface area contributed by atoms with Crippen LogP contribution in [0.4, 0.5) is 0 Å². The van der Waals surface area contributed by atoms with Crippen LogP contribution in [0.25, 0.3) is 0 Å². The summed E-state index contributed by atoms with van der Waals surface area (Å²) in [6, 6.07) is 16.3. The smallest absolute Gasteiger partial charge is 0.320 e. The molecule has 0 amide bonds. The van der Waals surface area contributed by atoms with Crippen molar-refractivity contribution in [2.75, 3.05) is 13.1 Å². The maximum absolute atomic E-state index is 11.2. The molecule has 0 radical (unpaired) electrons. The van der Waals surface area contributed by atoms with Crippen molar-refractivity contribution in [1.82, 2.24) is 4.90 Å². The predicted octanol–water partition coefficient (Wildman–Crippen LogP) is 5.06. The first kappa shape index (κ1) is 20.7. The second kappa shape index (κ2) is 8.58. The molecule has 0 aromatic heterocycles. The molecular weight excluding hydrogens is 370 g/mol. The molecule has 150 valence electrons. The maximum atomic E-state index is 11.2. The molecule has 0 saturated carbocycles. The summed E-state index contributed by atoms with van der Waals surface area (Å²) in [5, 5.41) is 9.21. The lowest BCUT2D eigenvalue weighted by molar-refractivity contribution is -0.142. The largest absolute Gasteiger partial charge is 0.488 e. The first-order chi connectivity index (χ1) is 13.2. The molecule has 1 aliphatic heterocycles. The van der Waals surface area contributed by atoms with E-state index in [1.807, 2.05) is 23.1 Å². The first-order valence-electron chi connectivity index (χ1n) is 9.75. The number of benzene rings is 2. The van der Waals surface area contributed by atoms with Crippen molar-refractivity contribution < 1.29 is 14.6 Å². The van der Waals surface area contributed by atoms with Gasteiger partial charge >= 0.3 is 5.97 Å². The van der Waals surface area contributed by atoms with Gasteiger partial charge in [0.25, 0.3) is 0 Å². The minimum Gasteiger partial charge on any atom is -0.488 e. The van der Waals surface area contributed by atoms with Crippen LogP contribution in [0.3, 0.4) is 0 Å². The van der Waals surface area contributed by atoms with E-state index in [0.717, 1.165) is 23.6 Å². The molecule has 1 heterocycles. The quantitative estimate of drug-likeness (QED) is 0.736. The Hall–Kier alpha value is -1.98. The normalized spacial score (nSPS) is 18.8. The van der Waals surface area contributed by atoms with Crippen molar-refractivity contribution >= 4 is 17.7 Å². The zero-order chi connectivity index (χ0) is 20.3. The second-order valence-corrected chi connectivity index (χ2v) is 9.48. The summed E-state index contributed by atoms with van der Waals surface area (Å²) >= 11 is 1.70. The van der Waals surface area contributed by atoms with Crippen LogP contribution in [-0.2, 0) is 10.2 Å². The Kier molecular flexibility index (Phi) is 6.36. The van der Waals surface area contributed by atoms with Crippen LogP contribution in [0, 0.1) is 0 Å². The van der Waals surface area contributed by atoms with E-state index in [4.69, 9.17) is 4.74 Å². The number of hydrogen-bond donors (Lipinski definition) is 1. The van der Waals surface area contributed by atoms with Crippen molar-refractivity contribution in [3.8, 4) is 5.75 Å². The zero-order valence-corrected chi connectivity index (χ0v) is 17.8.